The van der Waals surface area contributed by atoms with Gasteiger partial charge in [-0.3, -0.25) is 0 Å². The largest absolute Gasteiger partial charge is 0.434 e. The molecular formula is C14H11F3N4O3S. The van der Waals surface area contributed by atoms with E-state index in [0.29, 0.717) is 0 Å². The Bertz CT molecular complexity index is 994. The Hall–Kier alpha value is -2.69. The topological polar surface area (TPSA) is 90.9 Å². The van der Waals surface area contributed by atoms with Gasteiger partial charge in [-0.2, -0.15) is 23.3 Å². The molecule has 0 aliphatic heterocycles. The third-order valence-corrected chi connectivity index (χ3v) is 3.91. The summed E-state index contributed by atoms with van der Waals surface area (Å²) in [5, 5.41) is 7.18. The van der Waals surface area contributed by atoms with E-state index in [0.717, 1.165) is 17.1 Å². The Morgan fingerprint density at radius 1 is 1.20 bits per heavy atom. The van der Waals surface area contributed by atoms with Gasteiger partial charge >= 0.3 is 6.18 Å². The first-order valence-corrected chi connectivity index (χ1v) is 8.92. The summed E-state index contributed by atoms with van der Waals surface area (Å²) in [5.74, 6) is -1.21. The van der Waals surface area contributed by atoms with Crippen LogP contribution >= 0.6 is 0 Å². The normalized spacial score (nSPS) is 12.5. The van der Waals surface area contributed by atoms with Crippen molar-refractivity contribution in [3.05, 3.63) is 48.0 Å². The van der Waals surface area contributed by atoms with Gasteiger partial charge in [0.1, 0.15) is 5.75 Å². The maximum atomic E-state index is 13.5. The van der Waals surface area contributed by atoms with Gasteiger partial charge < -0.3 is 4.52 Å². The fourth-order valence-corrected chi connectivity index (χ4v) is 2.79. The minimum absolute atomic E-state index is 0.206. The number of para-hydroxylation sites is 1. The van der Waals surface area contributed by atoms with E-state index in [4.69, 9.17) is 4.52 Å². The summed E-state index contributed by atoms with van der Waals surface area (Å²) in [6, 6.07) is 7.75. The summed E-state index contributed by atoms with van der Waals surface area (Å²) in [7, 11) is -3.45. The molecule has 0 bridgehead atoms. The lowest BCUT2D eigenvalue weighted by molar-refractivity contribution is -0.142. The molecule has 0 saturated heterocycles. The molecule has 0 fully saturated rings. The van der Waals surface area contributed by atoms with E-state index >= 15 is 0 Å². The number of aromatic nitrogens is 4. The highest BCUT2D eigenvalue weighted by Crippen LogP contribution is 2.37. The highest BCUT2D eigenvalue weighted by Gasteiger charge is 2.40. The number of benzene rings is 1. The lowest BCUT2D eigenvalue weighted by atomic mass is 10.2. The quantitative estimate of drug-likeness (QED) is 0.699. The van der Waals surface area contributed by atoms with Crippen LogP contribution in [-0.4, -0.2) is 34.6 Å². The molecule has 7 nitrogen and oxygen atoms in total. The zero-order valence-corrected chi connectivity index (χ0v) is 13.5. The average Bonchev–Trinajstić information content (AvgIpc) is 3.12. The molecule has 0 N–H and O–H groups in total. The van der Waals surface area contributed by atoms with Crippen molar-refractivity contribution in [2.45, 2.75) is 11.9 Å². The SMILES string of the molecule is CS(=O)(=O)Cc1noc(-c2cnn(-c3ccccc3)c2C(F)(F)F)n1. The number of nitrogens with zero attached hydrogens (tertiary/aromatic N) is 4. The van der Waals surface area contributed by atoms with E-state index in [1.54, 1.807) is 18.2 Å². The maximum absolute atomic E-state index is 13.5. The van der Waals surface area contributed by atoms with E-state index in [-0.39, 0.29) is 11.5 Å². The van der Waals surface area contributed by atoms with E-state index < -0.39 is 38.9 Å². The van der Waals surface area contributed by atoms with E-state index in [1.165, 1.54) is 12.1 Å². The van der Waals surface area contributed by atoms with Crippen LogP contribution in [0.2, 0.25) is 0 Å². The Labute approximate surface area is 140 Å². The van der Waals surface area contributed by atoms with Crippen molar-refractivity contribution in [2.75, 3.05) is 6.26 Å². The summed E-state index contributed by atoms with van der Waals surface area (Å²) in [6.45, 7) is 0. The number of alkyl halides is 3. The van der Waals surface area contributed by atoms with Crippen LogP contribution in [0, 0.1) is 0 Å². The Morgan fingerprint density at radius 3 is 2.48 bits per heavy atom. The fraction of sp³-hybridized carbons (Fsp3) is 0.214. The number of rotatable bonds is 4. The molecule has 3 aromatic rings. The molecule has 2 aromatic heterocycles. The van der Waals surface area contributed by atoms with Crippen molar-refractivity contribution in [1.29, 1.82) is 0 Å². The third kappa shape index (κ3) is 3.71. The van der Waals surface area contributed by atoms with E-state index in [9.17, 15) is 21.6 Å². The molecule has 2 heterocycles. The first kappa shape index (κ1) is 17.1. The van der Waals surface area contributed by atoms with Crippen molar-refractivity contribution < 1.29 is 26.1 Å². The molecular weight excluding hydrogens is 361 g/mol. The van der Waals surface area contributed by atoms with Crippen LogP contribution in [0.3, 0.4) is 0 Å². The lowest BCUT2D eigenvalue weighted by Gasteiger charge is -2.11. The summed E-state index contributed by atoms with van der Waals surface area (Å²) >= 11 is 0. The monoisotopic (exact) mass is 372 g/mol. The minimum atomic E-state index is -4.74. The first-order valence-electron chi connectivity index (χ1n) is 6.86. The maximum Gasteiger partial charge on any atom is 0.434 e. The molecule has 0 spiro atoms. The van der Waals surface area contributed by atoms with Crippen molar-refractivity contribution >= 4 is 9.84 Å². The summed E-state index contributed by atoms with van der Waals surface area (Å²) in [4.78, 5) is 3.74. The van der Waals surface area contributed by atoms with E-state index in [2.05, 4.69) is 15.2 Å². The number of hydrogen-bond donors (Lipinski definition) is 0. The van der Waals surface area contributed by atoms with Gasteiger partial charge in [0, 0.05) is 6.26 Å². The molecule has 0 aliphatic carbocycles. The summed E-state index contributed by atoms with van der Waals surface area (Å²) < 4.78 is 68.6. The highest BCUT2D eigenvalue weighted by atomic mass is 32.2. The van der Waals surface area contributed by atoms with Gasteiger partial charge in [0.15, 0.2) is 21.4 Å². The first-order chi connectivity index (χ1) is 11.6. The fourth-order valence-electron chi connectivity index (χ4n) is 2.20. The molecule has 0 radical (unpaired) electrons. The number of sulfone groups is 1. The lowest BCUT2D eigenvalue weighted by Crippen LogP contribution is -2.14. The standard InChI is InChI=1S/C14H11F3N4O3S/c1-25(22,23)8-11-19-13(24-20-11)10-7-18-21(12(10)14(15,16)17)9-5-3-2-4-6-9/h2-7H,8H2,1H3. The average molecular weight is 372 g/mol. The Kier molecular flexibility index (Phi) is 4.11. The van der Waals surface area contributed by atoms with Gasteiger partial charge in [-0.1, -0.05) is 23.4 Å². The minimum Gasteiger partial charge on any atom is -0.334 e. The van der Waals surface area contributed by atoms with Gasteiger partial charge in [-0.05, 0) is 12.1 Å². The number of hydrogen-bond acceptors (Lipinski definition) is 6. The third-order valence-electron chi connectivity index (χ3n) is 3.13. The number of halogens is 3. The second-order valence-corrected chi connectivity index (χ2v) is 7.38. The smallest absolute Gasteiger partial charge is 0.334 e. The molecule has 11 heteroatoms. The molecule has 0 atom stereocenters. The van der Waals surface area contributed by atoms with Crippen molar-refractivity contribution in [3.8, 4) is 17.1 Å². The molecule has 3 rings (SSSR count). The molecule has 0 amide bonds. The van der Waals surface area contributed by atoms with Crippen molar-refractivity contribution in [2.24, 2.45) is 0 Å². The highest BCUT2D eigenvalue weighted by molar-refractivity contribution is 7.89. The summed E-state index contributed by atoms with van der Waals surface area (Å²) in [5.41, 5.74) is -1.31. The van der Waals surface area contributed by atoms with Gasteiger partial charge in [0.25, 0.3) is 5.89 Å². The summed E-state index contributed by atoms with van der Waals surface area (Å²) in [6.07, 6.45) is -2.84. The van der Waals surface area contributed by atoms with Crippen LogP contribution in [0.25, 0.3) is 17.1 Å². The van der Waals surface area contributed by atoms with Crippen LogP contribution in [0.15, 0.2) is 41.1 Å². The zero-order valence-electron chi connectivity index (χ0n) is 12.7. The van der Waals surface area contributed by atoms with Gasteiger partial charge in [0.05, 0.1) is 17.4 Å². The Morgan fingerprint density at radius 2 is 1.88 bits per heavy atom. The Balaban J connectivity index is 2.10. The van der Waals surface area contributed by atoms with E-state index in [1.807, 2.05) is 0 Å². The predicted octanol–water partition coefficient (Wildman–Crippen LogP) is 2.49. The van der Waals surface area contributed by atoms with Crippen LogP contribution < -0.4 is 0 Å². The van der Waals surface area contributed by atoms with Crippen LogP contribution in [0.5, 0.6) is 0 Å². The van der Waals surface area contributed by atoms with Crippen molar-refractivity contribution in [3.63, 3.8) is 0 Å². The molecule has 0 unspecified atom stereocenters. The second-order valence-electron chi connectivity index (χ2n) is 5.24. The van der Waals surface area contributed by atoms with Gasteiger partial charge in [-0.15, -0.1) is 0 Å². The molecule has 25 heavy (non-hydrogen) atoms. The molecule has 0 saturated carbocycles. The molecule has 1 aromatic carbocycles. The molecule has 132 valence electrons. The molecule has 0 aliphatic rings. The van der Waals surface area contributed by atoms with Crippen LogP contribution in [-0.2, 0) is 21.8 Å². The van der Waals surface area contributed by atoms with Crippen molar-refractivity contribution in [1.82, 2.24) is 19.9 Å². The predicted molar refractivity (Wildman–Crippen MR) is 80.4 cm³/mol. The van der Waals surface area contributed by atoms with Gasteiger partial charge in [0.2, 0.25) is 0 Å². The second kappa shape index (κ2) is 5.99. The zero-order chi connectivity index (χ0) is 18.2. The van der Waals surface area contributed by atoms with Gasteiger partial charge in [-0.25, -0.2) is 13.1 Å². The van der Waals surface area contributed by atoms with Crippen LogP contribution in [0.1, 0.15) is 11.5 Å². The van der Waals surface area contributed by atoms with Crippen LogP contribution in [0.4, 0.5) is 13.2 Å².